The molecule has 1 aliphatic carbocycles. The van der Waals surface area contributed by atoms with Gasteiger partial charge in [0.15, 0.2) is 0 Å². The van der Waals surface area contributed by atoms with E-state index in [1.807, 2.05) is 30.3 Å². The summed E-state index contributed by atoms with van der Waals surface area (Å²) >= 11 is 6.01. The highest BCUT2D eigenvalue weighted by molar-refractivity contribution is 6.30. The van der Waals surface area contributed by atoms with Crippen LogP contribution in [0.2, 0.25) is 5.02 Å². The van der Waals surface area contributed by atoms with Crippen LogP contribution in [-0.2, 0) is 0 Å². The van der Waals surface area contributed by atoms with E-state index in [1.54, 1.807) is 18.2 Å². The van der Waals surface area contributed by atoms with Crippen LogP contribution in [-0.4, -0.2) is 26.6 Å². The normalized spacial score (nSPS) is 21.4. The zero-order chi connectivity index (χ0) is 20.4. The summed E-state index contributed by atoms with van der Waals surface area (Å²) in [6.07, 6.45) is 2.48. The molecule has 3 N–H and O–H groups in total. The molecule has 3 aromatic rings. The Morgan fingerprint density at radius 3 is 2.66 bits per heavy atom. The van der Waals surface area contributed by atoms with Crippen LogP contribution in [0.4, 0.5) is 0 Å². The molecule has 4 rings (SSSR count). The molecule has 2 atom stereocenters. The van der Waals surface area contributed by atoms with E-state index in [4.69, 9.17) is 17.3 Å². The van der Waals surface area contributed by atoms with Crippen molar-refractivity contribution in [3.05, 3.63) is 70.5 Å². The maximum Gasteiger partial charge on any atom is 0.269 e. The van der Waals surface area contributed by atoms with Crippen LogP contribution in [0.15, 0.2) is 48.5 Å². The zero-order valence-electron chi connectivity index (χ0n) is 15.7. The largest absolute Gasteiger partial charge is 0.378 e. The molecule has 1 aliphatic rings. The Bertz CT molecular complexity index is 1150. The molecule has 6 heteroatoms. The maximum absolute atomic E-state index is 12.0. The highest BCUT2D eigenvalue weighted by atomic mass is 35.5. The Balaban J connectivity index is 1.68. The van der Waals surface area contributed by atoms with Gasteiger partial charge in [0.05, 0.1) is 16.7 Å². The van der Waals surface area contributed by atoms with E-state index in [0.717, 1.165) is 18.4 Å². The van der Waals surface area contributed by atoms with E-state index >= 15 is 0 Å². The van der Waals surface area contributed by atoms with Gasteiger partial charge >= 0.3 is 0 Å². The Morgan fingerprint density at radius 1 is 1.17 bits per heavy atom. The third-order valence-electron chi connectivity index (χ3n) is 5.21. The van der Waals surface area contributed by atoms with Gasteiger partial charge in [0.1, 0.15) is 11.3 Å². The third-order valence-corrected chi connectivity index (χ3v) is 5.44. The van der Waals surface area contributed by atoms with Crippen molar-refractivity contribution in [1.82, 2.24) is 9.97 Å². The summed E-state index contributed by atoms with van der Waals surface area (Å²) in [6.45, 7) is 0. The van der Waals surface area contributed by atoms with E-state index in [2.05, 4.69) is 21.8 Å². The lowest BCUT2D eigenvalue weighted by Crippen LogP contribution is -2.34. The molecule has 1 amide bonds. The number of para-hydroxylation sites is 2. The van der Waals surface area contributed by atoms with Gasteiger partial charge in [0.25, 0.3) is 5.91 Å². The second-order valence-corrected chi connectivity index (χ2v) is 7.83. The lowest BCUT2D eigenvalue weighted by Gasteiger charge is -2.33. The molecule has 0 unspecified atom stereocenters. The fourth-order valence-electron chi connectivity index (χ4n) is 3.83. The van der Waals surface area contributed by atoms with Gasteiger partial charge < -0.3 is 10.8 Å². The standard InChI is InChI=1S/C23H20ClN3O2/c24-17-7-3-5-15(13-17)10-12-23(29)11-4-6-16(14-23)20-21(22(25)28)27-19-9-2-1-8-18(19)26-20/h1-3,5,7-9,13,16,29H,4,6,11,14H2,(H2,25,28)/t16-,23+/m0/s1. The number of primary amides is 1. The predicted octanol–water partition coefficient (Wildman–Crippen LogP) is 3.82. The number of carbonyl (C=O) groups excluding carboxylic acids is 1. The number of hydrogen-bond acceptors (Lipinski definition) is 4. The van der Waals surface area contributed by atoms with Gasteiger partial charge in [0.2, 0.25) is 0 Å². The molecule has 1 fully saturated rings. The first-order valence-corrected chi connectivity index (χ1v) is 9.89. The topological polar surface area (TPSA) is 89.1 Å². The SMILES string of the molecule is NC(=O)c1nc2ccccc2nc1[C@H]1CCC[C@@](O)(C#Cc2cccc(Cl)c2)C1. The first-order chi connectivity index (χ1) is 13.9. The number of rotatable bonds is 2. The molecular weight excluding hydrogens is 386 g/mol. The van der Waals surface area contributed by atoms with Gasteiger partial charge in [-0.15, -0.1) is 0 Å². The fraction of sp³-hybridized carbons (Fsp3) is 0.261. The summed E-state index contributed by atoms with van der Waals surface area (Å²) in [4.78, 5) is 21.1. The summed E-state index contributed by atoms with van der Waals surface area (Å²) < 4.78 is 0. The molecule has 0 saturated heterocycles. The minimum Gasteiger partial charge on any atom is -0.378 e. The van der Waals surface area contributed by atoms with E-state index in [-0.39, 0.29) is 11.6 Å². The minimum absolute atomic E-state index is 0.151. The van der Waals surface area contributed by atoms with Crippen LogP contribution >= 0.6 is 11.6 Å². The second-order valence-electron chi connectivity index (χ2n) is 7.40. The number of nitrogens with two attached hydrogens (primary N) is 1. The number of halogens is 1. The summed E-state index contributed by atoms with van der Waals surface area (Å²) in [7, 11) is 0. The van der Waals surface area contributed by atoms with Crippen molar-refractivity contribution in [1.29, 1.82) is 0 Å². The van der Waals surface area contributed by atoms with Gasteiger partial charge in [-0.2, -0.15) is 0 Å². The van der Waals surface area contributed by atoms with Crippen molar-refractivity contribution >= 4 is 28.5 Å². The molecule has 0 radical (unpaired) electrons. The molecule has 1 saturated carbocycles. The van der Waals surface area contributed by atoms with Crippen LogP contribution in [0.3, 0.4) is 0 Å². The number of nitrogens with zero attached hydrogens (tertiary/aromatic N) is 2. The average molecular weight is 406 g/mol. The summed E-state index contributed by atoms with van der Waals surface area (Å²) in [6, 6.07) is 14.6. The summed E-state index contributed by atoms with van der Waals surface area (Å²) in [5.41, 5.74) is 7.19. The number of amides is 1. The molecule has 0 spiro atoms. The Hall–Kier alpha value is -2.94. The number of hydrogen-bond donors (Lipinski definition) is 2. The molecule has 2 aromatic carbocycles. The molecule has 29 heavy (non-hydrogen) atoms. The van der Waals surface area contributed by atoms with Crippen LogP contribution in [0, 0.1) is 11.8 Å². The van der Waals surface area contributed by atoms with Crippen LogP contribution < -0.4 is 5.73 Å². The maximum atomic E-state index is 12.0. The number of fused-ring (bicyclic) bond motifs is 1. The Kier molecular flexibility index (Phi) is 5.23. The molecular formula is C23H20ClN3O2. The lowest BCUT2D eigenvalue weighted by atomic mass is 9.76. The van der Waals surface area contributed by atoms with Gasteiger partial charge in [-0.25, -0.2) is 9.97 Å². The van der Waals surface area contributed by atoms with Gasteiger partial charge in [-0.05, 0) is 56.0 Å². The quantitative estimate of drug-likeness (QED) is 0.634. The number of aromatic nitrogens is 2. The molecule has 1 heterocycles. The summed E-state index contributed by atoms with van der Waals surface area (Å²) in [5, 5.41) is 11.7. The van der Waals surface area contributed by atoms with Crippen molar-refractivity contribution in [3.63, 3.8) is 0 Å². The van der Waals surface area contributed by atoms with Crippen molar-refractivity contribution in [3.8, 4) is 11.8 Å². The highest BCUT2D eigenvalue weighted by Crippen LogP contribution is 2.39. The predicted molar refractivity (Wildman–Crippen MR) is 113 cm³/mol. The molecule has 0 aliphatic heterocycles. The molecule has 0 bridgehead atoms. The average Bonchev–Trinajstić information content (AvgIpc) is 2.71. The minimum atomic E-state index is -1.17. The van der Waals surface area contributed by atoms with Crippen LogP contribution in [0.1, 0.15) is 53.3 Å². The molecule has 146 valence electrons. The number of aliphatic hydroxyl groups is 1. The van der Waals surface area contributed by atoms with Crippen molar-refractivity contribution in [2.45, 2.75) is 37.2 Å². The van der Waals surface area contributed by atoms with E-state index in [1.165, 1.54) is 0 Å². The van der Waals surface area contributed by atoms with Gasteiger partial charge in [-0.1, -0.05) is 41.6 Å². The summed E-state index contributed by atoms with van der Waals surface area (Å²) in [5.74, 6) is 5.27. The Labute approximate surface area is 173 Å². The van der Waals surface area contributed by atoms with Gasteiger partial charge in [-0.3, -0.25) is 4.79 Å². The Morgan fingerprint density at radius 2 is 1.93 bits per heavy atom. The van der Waals surface area contributed by atoms with E-state index in [0.29, 0.717) is 34.6 Å². The number of benzene rings is 2. The fourth-order valence-corrected chi connectivity index (χ4v) is 4.02. The molecule has 5 nitrogen and oxygen atoms in total. The van der Waals surface area contributed by atoms with Crippen molar-refractivity contribution in [2.75, 3.05) is 0 Å². The van der Waals surface area contributed by atoms with Gasteiger partial charge in [0, 0.05) is 16.5 Å². The lowest BCUT2D eigenvalue weighted by molar-refractivity contribution is 0.0511. The van der Waals surface area contributed by atoms with E-state index < -0.39 is 11.5 Å². The monoisotopic (exact) mass is 405 g/mol. The third kappa shape index (κ3) is 4.24. The zero-order valence-corrected chi connectivity index (χ0v) is 16.5. The van der Waals surface area contributed by atoms with Crippen LogP contribution in [0.5, 0.6) is 0 Å². The molecule has 1 aromatic heterocycles. The smallest absolute Gasteiger partial charge is 0.269 e. The number of carbonyl (C=O) groups is 1. The first-order valence-electron chi connectivity index (χ1n) is 9.51. The first kappa shape index (κ1) is 19.4. The van der Waals surface area contributed by atoms with Crippen LogP contribution in [0.25, 0.3) is 11.0 Å². The highest BCUT2D eigenvalue weighted by Gasteiger charge is 2.36. The van der Waals surface area contributed by atoms with Crippen molar-refractivity contribution < 1.29 is 9.90 Å². The van der Waals surface area contributed by atoms with Crippen molar-refractivity contribution in [2.24, 2.45) is 5.73 Å². The second kappa shape index (κ2) is 7.82. The van der Waals surface area contributed by atoms with E-state index in [9.17, 15) is 9.90 Å².